The lowest BCUT2D eigenvalue weighted by atomic mass is 9.81. The minimum Gasteiger partial charge on any atom is -0.295 e. The molecule has 0 spiro atoms. The fourth-order valence-corrected chi connectivity index (χ4v) is 3.22. The predicted molar refractivity (Wildman–Crippen MR) is 97.3 cm³/mol. The Morgan fingerprint density at radius 2 is 1.52 bits per heavy atom. The van der Waals surface area contributed by atoms with E-state index < -0.39 is 11.4 Å². The molecule has 0 aliphatic carbocycles. The van der Waals surface area contributed by atoms with Gasteiger partial charge in [0.05, 0.1) is 5.56 Å². The molecule has 0 fully saturated rings. The second kappa shape index (κ2) is 6.81. The first kappa shape index (κ1) is 18.9. The zero-order valence-electron chi connectivity index (χ0n) is 15.6. The first-order chi connectivity index (χ1) is 11.6. The van der Waals surface area contributed by atoms with Gasteiger partial charge in [0.15, 0.2) is 5.78 Å². The molecule has 1 N–H and O–H groups in total. The lowest BCUT2D eigenvalue weighted by molar-refractivity contribution is -0.182. The van der Waals surface area contributed by atoms with E-state index in [1.54, 1.807) is 12.1 Å². The molecule has 4 heteroatoms. The van der Waals surface area contributed by atoms with Crippen molar-refractivity contribution in [3.05, 3.63) is 69.3 Å². The van der Waals surface area contributed by atoms with E-state index in [2.05, 4.69) is 4.89 Å². The Bertz CT molecular complexity index is 818. The van der Waals surface area contributed by atoms with E-state index in [9.17, 15) is 9.59 Å². The summed E-state index contributed by atoms with van der Waals surface area (Å²) in [5, 5.41) is 8.72. The standard InChI is InChI=1S/C21H24O4/c1-12-9-13(2)18(14(3)10-12)19(22)15-7-8-16(20(23)25-24)17(11-15)21(4,5)6/h7-11,24H,1-6H3. The molecule has 0 saturated carbocycles. The third-order valence-electron chi connectivity index (χ3n) is 4.30. The predicted octanol–water partition coefficient (Wildman–Crippen LogP) is 4.77. The summed E-state index contributed by atoms with van der Waals surface area (Å²) in [4.78, 5) is 28.8. The van der Waals surface area contributed by atoms with Crippen molar-refractivity contribution in [1.82, 2.24) is 0 Å². The maximum atomic E-state index is 13.1. The third kappa shape index (κ3) is 3.80. The van der Waals surface area contributed by atoms with Gasteiger partial charge in [0.2, 0.25) is 0 Å². The Hall–Kier alpha value is -2.46. The first-order valence-corrected chi connectivity index (χ1v) is 8.19. The van der Waals surface area contributed by atoms with E-state index in [1.165, 1.54) is 6.07 Å². The summed E-state index contributed by atoms with van der Waals surface area (Å²) < 4.78 is 0. The van der Waals surface area contributed by atoms with Gasteiger partial charge in [0.25, 0.3) is 0 Å². The average Bonchev–Trinajstić information content (AvgIpc) is 2.51. The molecule has 0 aromatic heterocycles. The van der Waals surface area contributed by atoms with Gasteiger partial charge < -0.3 is 0 Å². The van der Waals surface area contributed by atoms with E-state index in [4.69, 9.17) is 5.26 Å². The Morgan fingerprint density at radius 1 is 0.960 bits per heavy atom. The van der Waals surface area contributed by atoms with Crippen LogP contribution in [0.3, 0.4) is 0 Å². The smallest absolute Gasteiger partial charge is 0.295 e. The maximum absolute atomic E-state index is 13.1. The van der Waals surface area contributed by atoms with Gasteiger partial charge in [-0.15, -0.1) is 0 Å². The molecule has 2 aromatic rings. The van der Waals surface area contributed by atoms with Gasteiger partial charge in [-0.05, 0) is 55.0 Å². The molecule has 2 rings (SSSR count). The highest BCUT2D eigenvalue weighted by atomic mass is 17.1. The van der Waals surface area contributed by atoms with Crippen molar-refractivity contribution in [2.75, 3.05) is 0 Å². The van der Waals surface area contributed by atoms with Crippen LogP contribution in [0.4, 0.5) is 0 Å². The normalized spacial score (nSPS) is 11.3. The second-order valence-corrected chi connectivity index (χ2v) is 7.49. The van der Waals surface area contributed by atoms with Gasteiger partial charge in [-0.25, -0.2) is 4.79 Å². The molecule has 0 unspecified atom stereocenters. The van der Waals surface area contributed by atoms with Crippen LogP contribution < -0.4 is 0 Å². The molecule has 0 amide bonds. The molecule has 2 aromatic carbocycles. The van der Waals surface area contributed by atoms with Crippen LogP contribution in [0.25, 0.3) is 0 Å². The van der Waals surface area contributed by atoms with Crippen molar-refractivity contribution >= 4 is 11.8 Å². The number of hydrogen-bond donors (Lipinski definition) is 1. The molecule has 0 radical (unpaired) electrons. The highest BCUT2D eigenvalue weighted by molar-refractivity contribution is 6.11. The quantitative estimate of drug-likeness (QED) is 0.496. The zero-order valence-corrected chi connectivity index (χ0v) is 15.6. The molecule has 132 valence electrons. The van der Waals surface area contributed by atoms with Crippen molar-refractivity contribution in [1.29, 1.82) is 0 Å². The number of rotatable bonds is 3. The summed E-state index contributed by atoms with van der Waals surface area (Å²) >= 11 is 0. The number of benzene rings is 2. The Kier molecular flexibility index (Phi) is 5.14. The molecule has 0 aliphatic heterocycles. The summed E-state index contributed by atoms with van der Waals surface area (Å²) in [6, 6.07) is 8.83. The summed E-state index contributed by atoms with van der Waals surface area (Å²) in [6.07, 6.45) is 0. The molecular weight excluding hydrogens is 316 g/mol. The van der Waals surface area contributed by atoms with Crippen LogP contribution in [-0.4, -0.2) is 17.0 Å². The van der Waals surface area contributed by atoms with Crippen LogP contribution >= 0.6 is 0 Å². The summed E-state index contributed by atoms with van der Waals surface area (Å²) in [5.74, 6) is -0.906. The number of aryl methyl sites for hydroxylation is 3. The Morgan fingerprint density at radius 3 is 2.00 bits per heavy atom. The molecule has 4 nitrogen and oxygen atoms in total. The van der Waals surface area contributed by atoms with Crippen LogP contribution in [0.5, 0.6) is 0 Å². The van der Waals surface area contributed by atoms with Crippen LogP contribution in [-0.2, 0) is 10.3 Å². The molecule has 0 bridgehead atoms. The van der Waals surface area contributed by atoms with E-state index in [0.29, 0.717) is 16.7 Å². The van der Waals surface area contributed by atoms with Crippen molar-refractivity contribution in [3.63, 3.8) is 0 Å². The number of hydrogen-bond acceptors (Lipinski definition) is 4. The Balaban J connectivity index is 2.61. The van der Waals surface area contributed by atoms with Gasteiger partial charge in [-0.2, -0.15) is 5.26 Å². The monoisotopic (exact) mass is 340 g/mol. The van der Waals surface area contributed by atoms with Gasteiger partial charge in [-0.1, -0.05) is 44.5 Å². The minimum atomic E-state index is -0.827. The molecule has 0 aliphatic rings. The molecule has 0 heterocycles. The number of ketones is 1. The highest BCUT2D eigenvalue weighted by Crippen LogP contribution is 2.29. The largest absolute Gasteiger partial charge is 0.373 e. The van der Waals surface area contributed by atoms with E-state index >= 15 is 0 Å². The third-order valence-corrected chi connectivity index (χ3v) is 4.30. The van der Waals surface area contributed by atoms with E-state index in [1.807, 2.05) is 53.7 Å². The van der Waals surface area contributed by atoms with Crippen molar-refractivity contribution in [2.24, 2.45) is 0 Å². The molecule has 25 heavy (non-hydrogen) atoms. The number of carbonyl (C=O) groups is 2. The summed E-state index contributed by atoms with van der Waals surface area (Å²) in [7, 11) is 0. The summed E-state index contributed by atoms with van der Waals surface area (Å²) in [5.41, 5.74) is 4.68. The van der Waals surface area contributed by atoms with Crippen LogP contribution in [0.15, 0.2) is 30.3 Å². The SMILES string of the molecule is Cc1cc(C)c(C(=O)c2ccc(C(=O)OO)c(C(C)(C)C)c2)c(C)c1. The molecule has 0 saturated heterocycles. The zero-order chi connectivity index (χ0) is 18.9. The van der Waals surface area contributed by atoms with Crippen LogP contribution in [0, 0.1) is 20.8 Å². The van der Waals surface area contributed by atoms with Gasteiger partial charge in [0.1, 0.15) is 0 Å². The second-order valence-electron chi connectivity index (χ2n) is 7.49. The average molecular weight is 340 g/mol. The van der Waals surface area contributed by atoms with E-state index in [-0.39, 0.29) is 11.3 Å². The van der Waals surface area contributed by atoms with Crippen molar-refractivity contribution in [3.8, 4) is 0 Å². The molecule has 0 atom stereocenters. The number of carbonyl (C=O) groups excluding carboxylic acids is 2. The lowest BCUT2D eigenvalue weighted by Crippen LogP contribution is -2.19. The van der Waals surface area contributed by atoms with E-state index in [0.717, 1.165) is 16.7 Å². The van der Waals surface area contributed by atoms with Crippen molar-refractivity contribution in [2.45, 2.75) is 47.0 Å². The fraction of sp³-hybridized carbons (Fsp3) is 0.333. The fourth-order valence-electron chi connectivity index (χ4n) is 3.22. The first-order valence-electron chi connectivity index (χ1n) is 8.19. The van der Waals surface area contributed by atoms with Crippen molar-refractivity contribution < 1.29 is 19.7 Å². The highest BCUT2D eigenvalue weighted by Gasteiger charge is 2.25. The lowest BCUT2D eigenvalue weighted by Gasteiger charge is -2.22. The molecular formula is C21H24O4. The van der Waals surface area contributed by atoms with Gasteiger partial charge in [0, 0.05) is 11.1 Å². The topological polar surface area (TPSA) is 63.6 Å². The Labute approximate surface area is 148 Å². The van der Waals surface area contributed by atoms with Crippen LogP contribution in [0.1, 0.15) is 69.3 Å². The minimum absolute atomic E-state index is 0.0792. The van der Waals surface area contributed by atoms with Gasteiger partial charge >= 0.3 is 5.97 Å². The van der Waals surface area contributed by atoms with Gasteiger partial charge in [-0.3, -0.25) is 9.68 Å². The maximum Gasteiger partial charge on any atom is 0.373 e. The summed E-state index contributed by atoms with van der Waals surface area (Å²) in [6.45, 7) is 11.7. The van der Waals surface area contributed by atoms with Crippen LogP contribution in [0.2, 0.25) is 0 Å².